The van der Waals surface area contributed by atoms with Crippen molar-refractivity contribution >= 4 is 47.3 Å². The highest BCUT2D eigenvalue weighted by atomic mass is 35.5. The van der Waals surface area contributed by atoms with Crippen LogP contribution in [0.25, 0.3) is 11.1 Å². The first-order valence-corrected chi connectivity index (χ1v) is 14.8. The molecule has 0 unspecified atom stereocenters. The molecule has 0 radical (unpaired) electrons. The molecular formula is C31H34ClN5O5S. The summed E-state index contributed by atoms with van der Waals surface area (Å²) >= 11 is 1.39. The minimum absolute atomic E-state index is 0. The highest BCUT2D eigenvalue weighted by molar-refractivity contribution is 7.10. The third kappa shape index (κ3) is 5.65. The van der Waals surface area contributed by atoms with E-state index in [2.05, 4.69) is 36.6 Å². The van der Waals surface area contributed by atoms with Gasteiger partial charge in [0.15, 0.2) is 5.79 Å². The Kier molecular flexibility index (Phi) is 8.36. The highest BCUT2D eigenvalue weighted by Crippen LogP contribution is 2.48. The summed E-state index contributed by atoms with van der Waals surface area (Å²) in [6.45, 7) is 5.17. The summed E-state index contributed by atoms with van der Waals surface area (Å²) in [5.74, 6) is -2.18. The molecule has 1 atom stereocenters. The molecule has 3 aliphatic rings. The molecule has 3 aromatic rings. The molecule has 2 aliphatic heterocycles. The zero-order valence-electron chi connectivity index (χ0n) is 23.9. The van der Waals surface area contributed by atoms with E-state index in [4.69, 9.17) is 20.6 Å². The molecule has 3 heterocycles. The number of likely N-dealkylation sites (tertiary alicyclic amines) is 1. The van der Waals surface area contributed by atoms with Crippen LogP contribution in [0.2, 0.25) is 0 Å². The Morgan fingerprint density at radius 2 is 1.74 bits per heavy atom. The Bertz CT molecular complexity index is 1600. The number of halogens is 1. The maximum Gasteiger partial charge on any atom is 0.251 e. The second-order valence-corrected chi connectivity index (χ2v) is 12.4. The number of hydrogen-bond acceptors (Lipinski definition) is 7. The van der Waals surface area contributed by atoms with E-state index in [0.29, 0.717) is 24.3 Å². The maximum atomic E-state index is 13.4. The van der Waals surface area contributed by atoms with Crippen molar-refractivity contribution < 1.29 is 23.9 Å². The van der Waals surface area contributed by atoms with E-state index in [1.165, 1.54) is 21.8 Å². The van der Waals surface area contributed by atoms with Crippen molar-refractivity contribution in [3.8, 4) is 11.1 Å². The smallest absolute Gasteiger partial charge is 0.251 e. The van der Waals surface area contributed by atoms with Crippen LogP contribution in [0, 0.1) is 5.41 Å². The number of ether oxygens (including phenoxy) is 2. The topological polar surface area (TPSA) is 147 Å². The molecule has 0 bridgehead atoms. The van der Waals surface area contributed by atoms with Gasteiger partial charge >= 0.3 is 0 Å². The number of hydrogen-bond donors (Lipinski definition) is 4. The second kappa shape index (κ2) is 11.7. The number of nitrogens with one attached hydrogen (secondary N) is 3. The average molecular weight is 624 g/mol. The molecule has 226 valence electrons. The predicted molar refractivity (Wildman–Crippen MR) is 166 cm³/mol. The van der Waals surface area contributed by atoms with Crippen molar-refractivity contribution in [1.29, 1.82) is 5.41 Å². The monoisotopic (exact) mass is 623 g/mol. The summed E-state index contributed by atoms with van der Waals surface area (Å²) in [6.07, 6.45) is 0.196. The number of nitrogen functional groups attached to an aromatic ring is 1. The average Bonchev–Trinajstić information content (AvgIpc) is 3.77. The van der Waals surface area contributed by atoms with Gasteiger partial charge in [0, 0.05) is 33.2 Å². The molecule has 2 aromatic carbocycles. The summed E-state index contributed by atoms with van der Waals surface area (Å²) < 4.78 is 11.6. The zero-order valence-corrected chi connectivity index (χ0v) is 25.5. The minimum Gasteiger partial charge on any atom is -0.384 e. The Morgan fingerprint density at radius 3 is 2.47 bits per heavy atom. The van der Waals surface area contributed by atoms with Crippen LogP contribution in [0.5, 0.6) is 0 Å². The summed E-state index contributed by atoms with van der Waals surface area (Å²) in [5.41, 5.74) is 10.9. The van der Waals surface area contributed by atoms with Gasteiger partial charge in [-0.15, -0.1) is 23.7 Å². The lowest BCUT2D eigenvalue weighted by Crippen LogP contribution is -2.49. The normalized spacial score (nSPS) is 18.9. The van der Waals surface area contributed by atoms with Crippen molar-refractivity contribution in [2.45, 2.75) is 44.1 Å². The molecule has 1 spiro atoms. The first kappa shape index (κ1) is 30.7. The largest absolute Gasteiger partial charge is 0.384 e. The van der Waals surface area contributed by atoms with Crippen molar-refractivity contribution in [3.05, 3.63) is 81.0 Å². The number of fused-ring (bicyclic) bond motifs is 3. The third-order valence-electron chi connectivity index (χ3n) is 8.38. The van der Waals surface area contributed by atoms with E-state index in [9.17, 15) is 14.4 Å². The summed E-state index contributed by atoms with van der Waals surface area (Å²) in [5, 5.41) is 15.0. The number of rotatable bonds is 7. The van der Waals surface area contributed by atoms with Crippen LogP contribution in [0.1, 0.15) is 52.2 Å². The fourth-order valence-corrected chi connectivity index (χ4v) is 6.99. The first-order valence-electron chi connectivity index (χ1n) is 13.9. The maximum absolute atomic E-state index is 13.4. The van der Waals surface area contributed by atoms with Crippen LogP contribution >= 0.6 is 23.7 Å². The Balaban J connectivity index is 0.00000368. The van der Waals surface area contributed by atoms with Gasteiger partial charge in [-0.3, -0.25) is 19.8 Å². The highest BCUT2D eigenvalue weighted by Gasteiger charge is 2.52. The lowest BCUT2D eigenvalue weighted by molar-refractivity contribution is -0.152. The number of amides is 3. The minimum atomic E-state index is -1.04. The van der Waals surface area contributed by atoms with E-state index >= 15 is 0 Å². The van der Waals surface area contributed by atoms with Gasteiger partial charge in [0.1, 0.15) is 11.9 Å². The molecule has 1 aromatic heterocycles. The molecule has 12 heteroatoms. The lowest BCUT2D eigenvalue weighted by atomic mass is 9.82. The molecule has 1 aliphatic carbocycles. The molecule has 0 saturated carbocycles. The fourth-order valence-electron chi connectivity index (χ4n) is 6.17. The SMILES string of the molecule is CC1(C)c2ccccc2-c2cc(C(=O)NCC(=O)N3CC4(C[C@H]3C(=O)NCc3cc(C(=N)N)cs3)OCCO4)ccc21.Cl. The number of carbonyl (C=O) groups is 3. The summed E-state index contributed by atoms with van der Waals surface area (Å²) in [4.78, 5) is 42.1. The van der Waals surface area contributed by atoms with E-state index in [0.717, 1.165) is 21.6 Å². The molecule has 6 rings (SSSR count). The molecule has 43 heavy (non-hydrogen) atoms. The molecular weight excluding hydrogens is 590 g/mol. The summed E-state index contributed by atoms with van der Waals surface area (Å²) in [7, 11) is 0. The Labute approximate surface area is 259 Å². The number of nitrogens with two attached hydrogens (primary N) is 1. The zero-order chi connectivity index (χ0) is 29.6. The predicted octanol–water partition coefficient (Wildman–Crippen LogP) is 3.15. The van der Waals surface area contributed by atoms with Gasteiger partial charge in [0.2, 0.25) is 11.8 Å². The first-order chi connectivity index (χ1) is 20.1. The van der Waals surface area contributed by atoms with E-state index in [-0.39, 0.29) is 61.5 Å². The van der Waals surface area contributed by atoms with Crippen LogP contribution in [0.3, 0.4) is 0 Å². The van der Waals surface area contributed by atoms with Gasteiger partial charge in [-0.1, -0.05) is 44.2 Å². The van der Waals surface area contributed by atoms with Crippen LogP contribution < -0.4 is 16.4 Å². The van der Waals surface area contributed by atoms with Crippen LogP contribution in [-0.4, -0.2) is 66.6 Å². The fraction of sp³-hybridized carbons (Fsp3) is 0.355. The number of benzene rings is 2. The number of carbonyl (C=O) groups excluding carboxylic acids is 3. The molecule has 10 nitrogen and oxygen atoms in total. The number of thiophene rings is 1. The van der Waals surface area contributed by atoms with Gasteiger partial charge in [-0.25, -0.2) is 0 Å². The summed E-state index contributed by atoms with van der Waals surface area (Å²) in [6, 6.07) is 14.8. The Morgan fingerprint density at radius 1 is 1.02 bits per heavy atom. The van der Waals surface area contributed by atoms with Crippen molar-refractivity contribution in [3.63, 3.8) is 0 Å². The standard InChI is InChI=1S/C31H33N5O5S.ClH/c1-30(2)23-6-4-3-5-21(23)22-12-18(7-8-24(22)30)28(38)35-15-26(37)36-17-31(40-9-10-41-31)13-25(36)29(39)34-14-20-11-19(16-42-20)27(32)33;/h3-8,11-12,16,25H,9-10,13-15,17H2,1-2H3,(H3,32,33)(H,34,39)(H,35,38);1H/t25-;/m0./s1. The van der Waals surface area contributed by atoms with E-state index in [1.807, 2.05) is 24.3 Å². The quantitative estimate of drug-likeness (QED) is 0.235. The van der Waals surface area contributed by atoms with Gasteiger partial charge in [0.05, 0.1) is 32.8 Å². The number of amidine groups is 1. The molecule has 2 saturated heterocycles. The van der Waals surface area contributed by atoms with Crippen LogP contribution in [-0.2, 0) is 31.0 Å². The second-order valence-electron chi connectivity index (χ2n) is 11.4. The van der Waals surface area contributed by atoms with Crippen LogP contribution in [0.15, 0.2) is 53.9 Å². The van der Waals surface area contributed by atoms with Crippen LogP contribution in [0.4, 0.5) is 0 Å². The van der Waals surface area contributed by atoms with Gasteiger partial charge in [0.25, 0.3) is 5.91 Å². The Hall–Kier alpha value is -3.77. The number of nitrogens with zero attached hydrogens (tertiary/aromatic N) is 1. The lowest BCUT2D eigenvalue weighted by Gasteiger charge is -2.24. The van der Waals surface area contributed by atoms with Crippen molar-refractivity contribution in [1.82, 2.24) is 15.5 Å². The molecule has 2 fully saturated rings. The van der Waals surface area contributed by atoms with E-state index in [1.54, 1.807) is 17.5 Å². The van der Waals surface area contributed by atoms with Crippen molar-refractivity contribution in [2.75, 3.05) is 26.3 Å². The van der Waals surface area contributed by atoms with Gasteiger partial charge < -0.3 is 30.7 Å². The molecule has 3 amide bonds. The van der Waals surface area contributed by atoms with Gasteiger partial charge in [-0.05, 0) is 40.5 Å². The third-order valence-corrected chi connectivity index (χ3v) is 9.31. The van der Waals surface area contributed by atoms with Gasteiger partial charge in [-0.2, -0.15) is 0 Å². The molecule has 5 N–H and O–H groups in total. The van der Waals surface area contributed by atoms with E-state index < -0.39 is 17.7 Å². The van der Waals surface area contributed by atoms with Crippen molar-refractivity contribution in [2.24, 2.45) is 5.73 Å².